The zero-order valence-electron chi connectivity index (χ0n) is 17.1. The van der Waals surface area contributed by atoms with E-state index in [0.29, 0.717) is 22.2 Å². The number of fused-ring (bicyclic) bond motifs is 1. The van der Waals surface area contributed by atoms with Crippen molar-refractivity contribution in [2.45, 2.75) is 26.8 Å². The number of para-hydroxylation sites is 1. The summed E-state index contributed by atoms with van der Waals surface area (Å²) in [6.07, 6.45) is 1.61. The van der Waals surface area contributed by atoms with Crippen molar-refractivity contribution in [1.29, 1.82) is 0 Å². The van der Waals surface area contributed by atoms with E-state index in [-0.39, 0.29) is 28.4 Å². The largest absolute Gasteiger partial charge is 0.338 e. The van der Waals surface area contributed by atoms with Gasteiger partial charge in [-0.3, -0.25) is 14.4 Å². The zero-order chi connectivity index (χ0) is 21.4. The van der Waals surface area contributed by atoms with Gasteiger partial charge in [-0.25, -0.2) is 0 Å². The molecule has 0 radical (unpaired) electrons. The van der Waals surface area contributed by atoms with Crippen LogP contribution in [0.5, 0.6) is 0 Å². The first kappa shape index (κ1) is 19.6. The highest BCUT2D eigenvalue weighted by Gasteiger charge is 2.20. The van der Waals surface area contributed by atoms with Crippen LogP contribution in [0.15, 0.2) is 76.4 Å². The van der Waals surface area contributed by atoms with Crippen LogP contribution in [0.4, 0.5) is 0 Å². The molecule has 4 rings (SSSR count). The molecule has 1 unspecified atom stereocenters. The molecule has 0 aliphatic rings. The third-order valence-corrected chi connectivity index (χ3v) is 5.61. The molecule has 0 aliphatic carbocycles. The van der Waals surface area contributed by atoms with E-state index in [9.17, 15) is 14.4 Å². The Morgan fingerprint density at radius 1 is 0.933 bits per heavy atom. The summed E-state index contributed by atoms with van der Waals surface area (Å²) in [5.41, 5.74) is 3.59. The van der Waals surface area contributed by atoms with Gasteiger partial charge in [-0.1, -0.05) is 30.3 Å². The van der Waals surface area contributed by atoms with Gasteiger partial charge in [0.15, 0.2) is 5.78 Å². The predicted octanol–water partition coefficient (Wildman–Crippen LogP) is 4.15. The van der Waals surface area contributed by atoms with Crippen LogP contribution in [0.3, 0.4) is 0 Å². The lowest BCUT2D eigenvalue weighted by Gasteiger charge is -2.20. The fraction of sp³-hybridized carbons (Fsp3) is 0.160. The molecule has 150 valence electrons. The number of aromatic nitrogens is 2. The second-order valence-electron chi connectivity index (χ2n) is 7.57. The summed E-state index contributed by atoms with van der Waals surface area (Å²) < 4.78 is 1.87. The van der Waals surface area contributed by atoms with E-state index in [0.717, 1.165) is 11.1 Å². The van der Waals surface area contributed by atoms with Crippen molar-refractivity contribution in [1.82, 2.24) is 9.55 Å². The average molecular weight is 398 g/mol. The molecule has 0 amide bonds. The minimum atomic E-state index is -0.309. The highest BCUT2D eigenvalue weighted by atomic mass is 16.1. The molecule has 0 saturated carbocycles. The fourth-order valence-corrected chi connectivity index (χ4v) is 3.68. The monoisotopic (exact) mass is 398 g/mol. The number of nitrogens with zero attached hydrogens (tertiary/aromatic N) is 1. The van der Waals surface area contributed by atoms with Crippen molar-refractivity contribution >= 4 is 16.7 Å². The molecule has 5 nitrogen and oxygen atoms in total. The maximum atomic E-state index is 13.3. The number of aryl methyl sites for hydroxylation is 2. The van der Waals surface area contributed by atoms with Crippen LogP contribution in [-0.4, -0.2) is 15.3 Å². The Bertz CT molecular complexity index is 1400. The standard InChI is InChI=1S/C25H22N2O3/c1-15-11-12-18(13-16(15)2)24(29)20-14-27(17(3)21-8-6-10-23(28)26-21)22-9-5-4-7-19(22)25(20)30/h4-14,17H,1-3H3,(H,26,28). The van der Waals surface area contributed by atoms with Crippen LogP contribution in [0.1, 0.15) is 45.7 Å². The molecule has 0 bridgehead atoms. The third-order valence-electron chi connectivity index (χ3n) is 5.61. The molecule has 4 aromatic rings. The van der Waals surface area contributed by atoms with Gasteiger partial charge in [-0.2, -0.15) is 0 Å². The van der Waals surface area contributed by atoms with Crippen molar-refractivity contribution in [3.63, 3.8) is 0 Å². The Morgan fingerprint density at radius 3 is 2.43 bits per heavy atom. The van der Waals surface area contributed by atoms with Crippen molar-refractivity contribution in [2.75, 3.05) is 0 Å². The van der Waals surface area contributed by atoms with Gasteiger partial charge in [0.1, 0.15) is 0 Å². The van der Waals surface area contributed by atoms with E-state index in [2.05, 4.69) is 4.98 Å². The maximum Gasteiger partial charge on any atom is 0.248 e. The number of hydrogen-bond donors (Lipinski definition) is 1. The van der Waals surface area contributed by atoms with Crippen LogP contribution in [0.2, 0.25) is 0 Å². The first-order chi connectivity index (χ1) is 14.4. The molecular formula is C25H22N2O3. The lowest BCUT2D eigenvalue weighted by Crippen LogP contribution is -2.22. The number of aromatic amines is 1. The van der Waals surface area contributed by atoms with Gasteiger partial charge in [-0.15, -0.1) is 0 Å². The molecule has 2 aromatic heterocycles. The Kier molecular flexibility index (Phi) is 4.96. The molecule has 1 N–H and O–H groups in total. The number of ketones is 1. The Hall–Kier alpha value is -3.73. The number of H-pyrrole nitrogens is 1. The second kappa shape index (κ2) is 7.59. The van der Waals surface area contributed by atoms with Gasteiger partial charge in [0.05, 0.1) is 17.1 Å². The van der Waals surface area contributed by atoms with E-state index in [1.807, 2.05) is 55.7 Å². The summed E-state index contributed by atoms with van der Waals surface area (Å²) in [7, 11) is 0. The number of benzene rings is 2. The Balaban J connectivity index is 1.94. The molecule has 0 saturated heterocycles. The molecule has 1 atom stereocenters. The van der Waals surface area contributed by atoms with Gasteiger partial charge in [0, 0.05) is 28.9 Å². The van der Waals surface area contributed by atoms with E-state index in [1.54, 1.807) is 30.5 Å². The minimum Gasteiger partial charge on any atom is -0.338 e. The molecule has 0 spiro atoms. The first-order valence-corrected chi connectivity index (χ1v) is 9.82. The van der Waals surface area contributed by atoms with Gasteiger partial charge < -0.3 is 9.55 Å². The predicted molar refractivity (Wildman–Crippen MR) is 118 cm³/mol. The van der Waals surface area contributed by atoms with E-state index >= 15 is 0 Å². The van der Waals surface area contributed by atoms with Crippen LogP contribution < -0.4 is 11.0 Å². The van der Waals surface area contributed by atoms with Gasteiger partial charge >= 0.3 is 0 Å². The molecule has 0 aliphatic heterocycles. The second-order valence-corrected chi connectivity index (χ2v) is 7.57. The summed E-state index contributed by atoms with van der Waals surface area (Å²) in [5, 5.41) is 0.470. The molecule has 2 aromatic carbocycles. The number of pyridine rings is 2. The average Bonchev–Trinajstić information content (AvgIpc) is 2.75. The Labute approximate surface area is 173 Å². The van der Waals surface area contributed by atoms with Crippen LogP contribution in [0, 0.1) is 13.8 Å². The van der Waals surface area contributed by atoms with E-state index in [4.69, 9.17) is 0 Å². The number of carbonyl (C=O) groups excluding carboxylic acids is 1. The fourth-order valence-electron chi connectivity index (χ4n) is 3.68. The highest BCUT2D eigenvalue weighted by molar-refractivity contribution is 6.10. The quantitative estimate of drug-likeness (QED) is 0.525. The molecular weight excluding hydrogens is 376 g/mol. The highest BCUT2D eigenvalue weighted by Crippen LogP contribution is 2.22. The van der Waals surface area contributed by atoms with Gasteiger partial charge in [-0.05, 0) is 56.2 Å². The molecule has 5 heteroatoms. The molecule has 30 heavy (non-hydrogen) atoms. The summed E-state index contributed by atoms with van der Waals surface area (Å²) in [5.74, 6) is -0.309. The number of rotatable bonds is 4. The van der Waals surface area contributed by atoms with E-state index < -0.39 is 0 Å². The summed E-state index contributed by atoms with van der Waals surface area (Å²) in [6, 6.07) is 17.3. The normalized spacial score (nSPS) is 12.1. The number of hydrogen-bond acceptors (Lipinski definition) is 3. The molecule has 2 heterocycles. The van der Waals surface area contributed by atoms with Crippen LogP contribution in [-0.2, 0) is 0 Å². The number of nitrogens with one attached hydrogen (secondary N) is 1. The minimum absolute atomic E-state index is 0.113. The summed E-state index contributed by atoms with van der Waals surface area (Å²) >= 11 is 0. The van der Waals surface area contributed by atoms with E-state index in [1.165, 1.54) is 6.07 Å². The SMILES string of the molecule is Cc1ccc(C(=O)c2cn(C(C)c3cccc(=O)[nH]3)c3ccccc3c2=O)cc1C. The Morgan fingerprint density at radius 2 is 1.70 bits per heavy atom. The zero-order valence-corrected chi connectivity index (χ0v) is 17.1. The molecule has 0 fully saturated rings. The van der Waals surface area contributed by atoms with Crippen molar-refractivity contribution in [3.05, 3.63) is 115 Å². The maximum absolute atomic E-state index is 13.3. The topological polar surface area (TPSA) is 71.9 Å². The lowest BCUT2D eigenvalue weighted by molar-refractivity contribution is 0.103. The summed E-state index contributed by atoms with van der Waals surface area (Å²) in [4.78, 5) is 41.1. The lowest BCUT2D eigenvalue weighted by atomic mass is 9.98. The van der Waals surface area contributed by atoms with Crippen molar-refractivity contribution < 1.29 is 4.79 Å². The summed E-state index contributed by atoms with van der Waals surface area (Å²) in [6.45, 7) is 5.85. The van der Waals surface area contributed by atoms with Gasteiger partial charge in [0.2, 0.25) is 11.0 Å². The van der Waals surface area contributed by atoms with Crippen LogP contribution >= 0.6 is 0 Å². The van der Waals surface area contributed by atoms with Gasteiger partial charge in [0.25, 0.3) is 0 Å². The van der Waals surface area contributed by atoms with Crippen molar-refractivity contribution in [3.8, 4) is 0 Å². The number of carbonyl (C=O) groups is 1. The van der Waals surface area contributed by atoms with Crippen molar-refractivity contribution in [2.24, 2.45) is 0 Å². The third kappa shape index (κ3) is 3.39. The first-order valence-electron chi connectivity index (χ1n) is 9.82. The smallest absolute Gasteiger partial charge is 0.248 e. The van der Waals surface area contributed by atoms with Crippen LogP contribution in [0.25, 0.3) is 10.9 Å².